The zero-order valence-electron chi connectivity index (χ0n) is 15.4. The van der Waals surface area contributed by atoms with Gasteiger partial charge in [0.15, 0.2) is 6.61 Å². The lowest BCUT2D eigenvalue weighted by Crippen LogP contribution is -2.32. The van der Waals surface area contributed by atoms with Crippen LogP contribution in [0.2, 0.25) is 0 Å². The SMILES string of the molecule is CC[C@H](NC(=O)COc1ccc2ccccc2c1Br)c1ccc(OC)cc1. The van der Waals surface area contributed by atoms with E-state index in [-0.39, 0.29) is 18.6 Å². The zero-order chi connectivity index (χ0) is 19.2. The molecule has 0 heterocycles. The Balaban J connectivity index is 1.64. The Morgan fingerprint density at radius 2 is 1.81 bits per heavy atom. The van der Waals surface area contributed by atoms with Crippen LogP contribution in [0.3, 0.4) is 0 Å². The highest BCUT2D eigenvalue weighted by Crippen LogP contribution is 2.33. The Labute approximate surface area is 167 Å². The fourth-order valence-corrected chi connectivity index (χ4v) is 3.57. The third kappa shape index (κ3) is 4.61. The summed E-state index contributed by atoms with van der Waals surface area (Å²) in [5.41, 5.74) is 1.04. The van der Waals surface area contributed by atoms with Gasteiger partial charge in [0.25, 0.3) is 5.91 Å². The number of carbonyl (C=O) groups excluding carboxylic acids is 1. The summed E-state index contributed by atoms with van der Waals surface area (Å²) < 4.78 is 11.8. The highest BCUT2D eigenvalue weighted by atomic mass is 79.9. The molecule has 0 aromatic heterocycles. The van der Waals surface area contributed by atoms with Crippen LogP contribution in [0.1, 0.15) is 24.9 Å². The van der Waals surface area contributed by atoms with Crippen LogP contribution in [0.5, 0.6) is 11.5 Å². The lowest BCUT2D eigenvalue weighted by atomic mass is 10.0. The number of methoxy groups -OCH3 is 1. The zero-order valence-corrected chi connectivity index (χ0v) is 17.0. The Kier molecular flexibility index (Phi) is 6.35. The fourth-order valence-electron chi connectivity index (χ4n) is 2.96. The molecule has 3 aromatic carbocycles. The Hall–Kier alpha value is -2.53. The molecule has 4 nitrogen and oxygen atoms in total. The summed E-state index contributed by atoms with van der Waals surface area (Å²) in [5.74, 6) is 1.29. The largest absolute Gasteiger partial charge is 0.497 e. The molecule has 0 spiro atoms. The number of benzene rings is 3. The van der Waals surface area contributed by atoms with E-state index in [1.165, 1.54) is 0 Å². The van der Waals surface area contributed by atoms with Gasteiger partial charge < -0.3 is 14.8 Å². The average Bonchev–Trinajstić information content (AvgIpc) is 2.72. The first-order chi connectivity index (χ1) is 13.1. The molecule has 3 aromatic rings. The van der Waals surface area contributed by atoms with E-state index >= 15 is 0 Å². The minimum Gasteiger partial charge on any atom is -0.497 e. The van der Waals surface area contributed by atoms with E-state index in [2.05, 4.69) is 21.2 Å². The number of rotatable bonds is 7. The van der Waals surface area contributed by atoms with Crippen molar-refractivity contribution >= 4 is 32.6 Å². The number of carbonyl (C=O) groups is 1. The van der Waals surface area contributed by atoms with Crippen LogP contribution in [-0.2, 0) is 4.79 Å². The van der Waals surface area contributed by atoms with Gasteiger partial charge in [0.2, 0.25) is 0 Å². The summed E-state index contributed by atoms with van der Waals surface area (Å²) in [6.45, 7) is 2.00. The molecule has 0 unspecified atom stereocenters. The highest BCUT2D eigenvalue weighted by molar-refractivity contribution is 9.10. The summed E-state index contributed by atoms with van der Waals surface area (Å²) >= 11 is 3.58. The van der Waals surface area contributed by atoms with E-state index < -0.39 is 0 Å². The molecule has 0 saturated carbocycles. The molecule has 27 heavy (non-hydrogen) atoms. The molecule has 0 aliphatic heterocycles. The standard InChI is InChI=1S/C22H22BrNO3/c1-3-19(16-8-11-17(26-2)12-9-16)24-21(25)14-27-20-13-10-15-6-4-5-7-18(15)22(20)23/h4-13,19H,3,14H2,1-2H3,(H,24,25)/t19-/m0/s1. The van der Waals surface area contributed by atoms with Crippen molar-refractivity contribution in [1.29, 1.82) is 0 Å². The monoisotopic (exact) mass is 427 g/mol. The number of nitrogens with one attached hydrogen (secondary N) is 1. The van der Waals surface area contributed by atoms with Crippen molar-refractivity contribution in [3.05, 3.63) is 70.7 Å². The molecule has 0 aliphatic rings. The maximum absolute atomic E-state index is 12.4. The van der Waals surface area contributed by atoms with E-state index in [4.69, 9.17) is 9.47 Å². The molecule has 140 valence electrons. The number of hydrogen-bond acceptors (Lipinski definition) is 3. The first kappa shape index (κ1) is 19.2. The maximum Gasteiger partial charge on any atom is 0.258 e. The van der Waals surface area contributed by atoms with E-state index in [0.29, 0.717) is 5.75 Å². The van der Waals surface area contributed by atoms with Crippen LogP contribution in [0.25, 0.3) is 10.8 Å². The molecular formula is C22H22BrNO3. The van der Waals surface area contributed by atoms with E-state index in [9.17, 15) is 4.79 Å². The predicted molar refractivity (Wildman–Crippen MR) is 111 cm³/mol. The highest BCUT2D eigenvalue weighted by Gasteiger charge is 2.14. The van der Waals surface area contributed by atoms with Crippen molar-refractivity contribution in [3.63, 3.8) is 0 Å². The summed E-state index contributed by atoms with van der Waals surface area (Å²) in [4.78, 5) is 12.4. The number of halogens is 1. The average molecular weight is 428 g/mol. The van der Waals surface area contributed by atoms with Gasteiger partial charge in [-0.1, -0.05) is 49.4 Å². The number of fused-ring (bicyclic) bond motifs is 1. The molecule has 5 heteroatoms. The number of amides is 1. The van der Waals surface area contributed by atoms with Crippen LogP contribution >= 0.6 is 15.9 Å². The molecule has 1 atom stereocenters. The molecular weight excluding hydrogens is 406 g/mol. The summed E-state index contributed by atoms with van der Waals surface area (Å²) in [6, 6.07) is 19.5. The molecule has 0 bridgehead atoms. The van der Waals surface area contributed by atoms with Gasteiger partial charge in [-0.2, -0.15) is 0 Å². The fraction of sp³-hybridized carbons (Fsp3) is 0.227. The second kappa shape index (κ2) is 8.91. The third-order valence-corrected chi connectivity index (χ3v) is 5.27. The van der Waals surface area contributed by atoms with Crippen LogP contribution < -0.4 is 14.8 Å². The van der Waals surface area contributed by atoms with Gasteiger partial charge in [-0.25, -0.2) is 0 Å². The molecule has 1 N–H and O–H groups in total. The van der Waals surface area contributed by atoms with Crippen molar-refractivity contribution in [2.75, 3.05) is 13.7 Å². The summed E-state index contributed by atoms with van der Waals surface area (Å²) in [7, 11) is 1.64. The van der Waals surface area contributed by atoms with Gasteiger partial charge in [-0.05, 0) is 56.9 Å². The van der Waals surface area contributed by atoms with Crippen molar-refractivity contribution < 1.29 is 14.3 Å². The van der Waals surface area contributed by atoms with Gasteiger partial charge in [0, 0.05) is 0 Å². The van der Waals surface area contributed by atoms with Gasteiger partial charge in [0.1, 0.15) is 11.5 Å². The van der Waals surface area contributed by atoms with Crippen LogP contribution in [0.15, 0.2) is 65.1 Å². The van der Waals surface area contributed by atoms with Crippen LogP contribution in [0, 0.1) is 0 Å². The molecule has 0 fully saturated rings. The first-order valence-corrected chi connectivity index (χ1v) is 9.65. The normalized spacial score (nSPS) is 11.8. The van der Waals surface area contributed by atoms with Crippen molar-refractivity contribution in [2.45, 2.75) is 19.4 Å². The van der Waals surface area contributed by atoms with E-state index in [1.54, 1.807) is 7.11 Å². The Morgan fingerprint density at radius 3 is 2.52 bits per heavy atom. The maximum atomic E-state index is 12.4. The second-order valence-corrected chi connectivity index (χ2v) is 6.98. The third-order valence-electron chi connectivity index (χ3n) is 4.45. The lowest BCUT2D eigenvalue weighted by Gasteiger charge is -2.18. The van der Waals surface area contributed by atoms with E-state index in [1.807, 2.05) is 67.6 Å². The minimum absolute atomic E-state index is 0.0381. The smallest absolute Gasteiger partial charge is 0.258 e. The Bertz CT molecular complexity index is 924. The van der Waals surface area contributed by atoms with Crippen LogP contribution in [0.4, 0.5) is 0 Å². The first-order valence-electron chi connectivity index (χ1n) is 8.85. The molecule has 0 aliphatic carbocycles. The van der Waals surface area contributed by atoms with E-state index in [0.717, 1.165) is 33.0 Å². The van der Waals surface area contributed by atoms with Gasteiger partial charge in [-0.3, -0.25) is 4.79 Å². The summed E-state index contributed by atoms with van der Waals surface area (Å²) in [5, 5.41) is 5.20. The van der Waals surface area contributed by atoms with Crippen LogP contribution in [-0.4, -0.2) is 19.6 Å². The Morgan fingerprint density at radius 1 is 1.07 bits per heavy atom. The number of ether oxygens (including phenoxy) is 2. The summed E-state index contributed by atoms with van der Waals surface area (Å²) in [6.07, 6.45) is 0.789. The predicted octanol–water partition coefficient (Wildman–Crippen LogP) is 5.26. The van der Waals surface area contributed by atoms with Crippen molar-refractivity contribution in [3.8, 4) is 11.5 Å². The quantitative estimate of drug-likeness (QED) is 0.559. The van der Waals surface area contributed by atoms with Crippen molar-refractivity contribution in [2.24, 2.45) is 0 Å². The van der Waals surface area contributed by atoms with Gasteiger partial charge >= 0.3 is 0 Å². The molecule has 0 radical (unpaired) electrons. The number of hydrogen-bond donors (Lipinski definition) is 1. The second-order valence-electron chi connectivity index (χ2n) is 6.19. The molecule has 3 rings (SSSR count). The molecule has 1 amide bonds. The minimum atomic E-state index is -0.155. The van der Waals surface area contributed by atoms with Gasteiger partial charge in [-0.15, -0.1) is 0 Å². The lowest BCUT2D eigenvalue weighted by molar-refractivity contribution is -0.123. The molecule has 0 saturated heterocycles. The van der Waals surface area contributed by atoms with Crippen molar-refractivity contribution in [1.82, 2.24) is 5.32 Å². The van der Waals surface area contributed by atoms with Gasteiger partial charge in [0.05, 0.1) is 17.6 Å². The topological polar surface area (TPSA) is 47.6 Å².